The standard InChI is InChI=1S/C12H18N2O4/c1-12(2,3)18-11(16)14-8-10(15)13-7-9-5-4-6-17-9/h4-6H,7-8H2,1-3H3,(H,13,15)(H,14,16). The summed E-state index contributed by atoms with van der Waals surface area (Å²) < 4.78 is 10.0. The normalized spacial score (nSPS) is 10.8. The summed E-state index contributed by atoms with van der Waals surface area (Å²) in [6.07, 6.45) is 0.913. The first-order chi connectivity index (χ1) is 8.37. The number of rotatable bonds is 4. The van der Waals surface area contributed by atoms with Crippen molar-refractivity contribution in [3.05, 3.63) is 24.2 Å². The van der Waals surface area contributed by atoms with Crippen LogP contribution in [0.1, 0.15) is 26.5 Å². The van der Waals surface area contributed by atoms with E-state index in [0.717, 1.165) is 0 Å². The Morgan fingerprint density at radius 3 is 2.61 bits per heavy atom. The Balaban J connectivity index is 2.19. The van der Waals surface area contributed by atoms with Gasteiger partial charge in [-0.25, -0.2) is 4.79 Å². The van der Waals surface area contributed by atoms with Crippen LogP contribution in [0.25, 0.3) is 0 Å². The van der Waals surface area contributed by atoms with Crippen LogP contribution >= 0.6 is 0 Å². The van der Waals surface area contributed by atoms with Gasteiger partial charge in [-0.2, -0.15) is 0 Å². The molecular weight excluding hydrogens is 236 g/mol. The van der Waals surface area contributed by atoms with Crippen molar-refractivity contribution < 1.29 is 18.7 Å². The number of nitrogens with one attached hydrogen (secondary N) is 2. The molecule has 0 saturated carbocycles. The Bertz CT molecular complexity index is 393. The molecule has 1 aromatic rings. The van der Waals surface area contributed by atoms with Crippen LogP contribution in [0.5, 0.6) is 0 Å². The van der Waals surface area contributed by atoms with Crippen molar-refractivity contribution in [2.75, 3.05) is 6.54 Å². The Kier molecular flexibility index (Phi) is 4.76. The fraction of sp³-hybridized carbons (Fsp3) is 0.500. The number of ether oxygens (including phenoxy) is 1. The molecule has 1 heterocycles. The average Bonchev–Trinajstić information content (AvgIpc) is 2.74. The highest BCUT2D eigenvalue weighted by Crippen LogP contribution is 2.06. The molecule has 0 aliphatic rings. The maximum atomic E-state index is 11.4. The van der Waals surface area contributed by atoms with E-state index in [1.54, 1.807) is 32.9 Å². The highest BCUT2D eigenvalue weighted by atomic mass is 16.6. The highest BCUT2D eigenvalue weighted by Gasteiger charge is 2.16. The van der Waals surface area contributed by atoms with E-state index in [0.29, 0.717) is 12.3 Å². The molecule has 1 rings (SSSR count). The quantitative estimate of drug-likeness (QED) is 0.851. The molecule has 100 valence electrons. The van der Waals surface area contributed by atoms with Crippen LogP contribution in [-0.4, -0.2) is 24.1 Å². The van der Waals surface area contributed by atoms with Gasteiger partial charge in [0.25, 0.3) is 0 Å². The summed E-state index contributed by atoms with van der Waals surface area (Å²) >= 11 is 0. The van der Waals surface area contributed by atoms with Gasteiger partial charge in [0.1, 0.15) is 17.9 Å². The van der Waals surface area contributed by atoms with Gasteiger partial charge in [-0.1, -0.05) is 0 Å². The minimum absolute atomic E-state index is 0.129. The zero-order valence-corrected chi connectivity index (χ0v) is 10.8. The van der Waals surface area contributed by atoms with Gasteiger partial charge in [0.05, 0.1) is 12.8 Å². The third-order valence-corrected chi connectivity index (χ3v) is 1.83. The molecule has 6 nitrogen and oxygen atoms in total. The lowest BCUT2D eigenvalue weighted by molar-refractivity contribution is -0.120. The van der Waals surface area contributed by atoms with Crippen molar-refractivity contribution in [2.24, 2.45) is 0 Å². The zero-order valence-electron chi connectivity index (χ0n) is 10.8. The average molecular weight is 254 g/mol. The molecule has 0 bridgehead atoms. The van der Waals surface area contributed by atoms with E-state index in [4.69, 9.17) is 9.15 Å². The van der Waals surface area contributed by atoms with Crippen LogP contribution in [0.15, 0.2) is 22.8 Å². The molecule has 0 aliphatic heterocycles. The van der Waals surface area contributed by atoms with Gasteiger partial charge >= 0.3 is 6.09 Å². The summed E-state index contributed by atoms with van der Waals surface area (Å²) in [5.41, 5.74) is -0.575. The Labute approximate surface area is 106 Å². The Hall–Kier alpha value is -1.98. The number of amides is 2. The summed E-state index contributed by atoms with van der Waals surface area (Å²) in [4.78, 5) is 22.6. The number of furan rings is 1. The van der Waals surface area contributed by atoms with Crippen LogP contribution in [0.3, 0.4) is 0 Å². The van der Waals surface area contributed by atoms with Crippen molar-refractivity contribution >= 4 is 12.0 Å². The molecule has 0 radical (unpaired) electrons. The third-order valence-electron chi connectivity index (χ3n) is 1.83. The minimum atomic E-state index is -0.615. The lowest BCUT2D eigenvalue weighted by Crippen LogP contribution is -2.39. The van der Waals surface area contributed by atoms with Crippen molar-refractivity contribution in [2.45, 2.75) is 32.9 Å². The van der Waals surface area contributed by atoms with Gasteiger partial charge in [0.15, 0.2) is 0 Å². The second kappa shape index (κ2) is 6.09. The van der Waals surface area contributed by atoms with E-state index in [1.165, 1.54) is 6.26 Å². The Morgan fingerprint density at radius 1 is 1.33 bits per heavy atom. The first-order valence-corrected chi connectivity index (χ1v) is 5.63. The summed E-state index contributed by atoms with van der Waals surface area (Å²) in [7, 11) is 0. The molecule has 0 saturated heterocycles. The van der Waals surface area contributed by atoms with E-state index >= 15 is 0 Å². The highest BCUT2D eigenvalue weighted by molar-refractivity contribution is 5.82. The van der Waals surface area contributed by atoms with E-state index in [-0.39, 0.29) is 12.5 Å². The van der Waals surface area contributed by atoms with Crippen LogP contribution in [-0.2, 0) is 16.1 Å². The Morgan fingerprint density at radius 2 is 2.06 bits per heavy atom. The molecule has 2 N–H and O–H groups in total. The SMILES string of the molecule is CC(C)(C)OC(=O)NCC(=O)NCc1ccco1. The molecule has 18 heavy (non-hydrogen) atoms. The number of carbonyl (C=O) groups excluding carboxylic acids is 2. The number of carbonyl (C=O) groups is 2. The molecule has 0 atom stereocenters. The van der Waals surface area contributed by atoms with Crippen LogP contribution < -0.4 is 10.6 Å². The van der Waals surface area contributed by atoms with Gasteiger partial charge in [-0.15, -0.1) is 0 Å². The number of hydrogen-bond acceptors (Lipinski definition) is 4. The van der Waals surface area contributed by atoms with Crippen molar-refractivity contribution in [1.82, 2.24) is 10.6 Å². The van der Waals surface area contributed by atoms with Gasteiger partial charge in [-0.3, -0.25) is 4.79 Å². The molecule has 2 amide bonds. The molecule has 6 heteroatoms. The second-order valence-corrected chi connectivity index (χ2v) is 4.71. The van der Waals surface area contributed by atoms with Crippen LogP contribution in [0, 0.1) is 0 Å². The third kappa shape index (κ3) is 5.93. The lowest BCUT2D eigenvalue weighted by Gasteiger charge is -2.19. The molecule has 0 aliphatic carbocycles. The van der Waals surface area contributed by atoms with Crippen molar-refractivity contribution in [3.63, 3.8) is 0 Å². The summed E-state index contributed by atoms with van der Waals surface area (Å²) in [5.74, 6) is 0.345. The second-order valence-electron chi connectivity index (χ2n) is 4.71. The van der Waals surface area contributed by atoms with Gasteiger partial charge in [-0.05, 0) is 32.9 Å². The lowest BCUT2D eigenvalue weighted by atomic mass is 10.2. The number of alkyl carbamates (subject to hydrolysis) is 1. The van der Waals surface area contributed by atoms with Gasteiger partial charge in [0.2, 0.25) is 5.91 Å². The smallest absolute Gasteiger partial charge is 0.408 e. The summed E-state index contributed by atoms with van der Waals surface area (Å²) in [5, 5.41) is 4.97. The monoisotopic (exact) mass is 254 g/mol. The van der Waals surface area contributed by atoms with Crippen LogP contribution in [0.4, 0.5) is 4.79 Å². The summed E-state index contributed by atoms with van der Waals surface area (Å²) in [6.45, 7) is 5.42. The van der Waals surface area contributed by atoms with Gasteiger partial charge < -0.3 is 19.8 Å². The van der Waals surface area contributed by atoms with E-state index in [1.807, 2.05) is 0 Å². The fourth-order valence-corrected chi connectivity index (χ4v) is 1.13. The van der Waals surface area contributed by atoms with E-state index < -0.39 is 11.7 Å². The molecule has 0 aromatic carbocycles. The molecule has 1 aromatic heterocycles. The molecule has 0 unspecified atom stereocenters. The predicted molar refractivity (Wildman–Crippen MR) is 64.8 cm³/mol. The van der Waals surface area contributed by atoms with Gasteiger partial charge in [0, 0.05) is 0 Å². The maximum Gasteiger partial charge on any atom is 0.408 e. The van der Waals surface area contributed by atoms with E-state index in [2.05, 4.69) is 10.6 Å². The molecule has 0 spiro atoms. The minimum Gasteiger partial charge on any atom is -0.467 e. The zero-order chi connectivity index (χ0) is 13.6. The van der Waals surface area contributed by atoms with Crippen LogP contribution in [0.2, 0.25) is 0 Å². The largest absolute Gasteiger partial charge is 0.467 e. The first kappa shape index (κ1) is 14.1. The van der Waals surface area contributed by atoms with E-state index in [9.17, 15) is 9.59 Å². The molecular formula is C12H18N2O4. The molecule has 0 fully saturated rings. The topological polar surface area (TPSA) is 80.6 Å². The first-order valence-electron chi connectivity index (χ1n) is 5.63. The summed E-state index contributed by atoms with van der Waals surface area (Å²) in [6, 6.07) is 3.49. The van der Waals surface area contributed by atoms with Crippen molar-refractivity contribution in [1.29, 1.82) is 0 Å². The maximum absolute atomic E-state index is 11.4. The predicted octanol–water partition coefficient (Wildman–Crippen LogP) is 1.42. The number of hydrogen-bond donors (Lipinski definition) is 2. The van der Waals surface area contributed by atoms with Crippen molar-refractivity contribution in [3.8, 4) is 0 Å². The fourth-order valence-electron chi connectivity index (χ4n) is 1.13.